The lowest BCUT2D eigenvalue weighted by atomic mass is 10.0. The van der Waals surface area contributed by atoms with Crippen molar-refractivity contribution in [3.8, 4) is 5.75 Å². The minimum Gasteiger partial charge on any atom is -0.484 e. The van der Waals surface area contributed by atoms with Crippen LogP contribution in [0.25, 0.3) is 0 Å². The Balaban J connectivity index is 1.55. The number of benzene rings is 1. The third kappa shape index (κ3) is 2.97. The molecule has 1 aromatic rings. The Morgan fingerprint density at radius 1 is 1.30 bits per heavy atom. The number of fused-ring (bicyclic) bond motifs is 1. The van der Waals surface area contributed by atoms with E-state index in [2.05, 4.69) is 19.1 Å². The Bertz CT molecular complexity index is 498. The van der Waals surface area contributed by atoms with E-state index >= 15 is 0 Å². The van der Waals surface area contributed by atoms with E-state index in [4.69, 9.17) is 4.74 Å². The Morgan fingerprint density at radius 2 is 2.15 bits per heavy atom. The molecule has 3 heteroatoms. The molecule has 0 unspecified atom stereocenters. The van der Waals surface area contributed by atoms with E-state index in [0.717, 1.165) is 31.7 Å². The van der Waals surface area contributed by atoms with E-state index in [1.807, 2.05) is 11.0 Å². The van der Waals surface area contributed by atoms with Crippen molar-refractivity contribution in [3.63, 3.8) is 0 Å². The van der Waals surface area contributed by atoms with Gasteiger partial charge in [-0.1, -0.05) is 13.0 Å². The molecule has 2 aliphatic rings. The molecule has 1 aromatic carbocycles. The van der Waals surface area contributed by atoms with Gasteiger partial charge in [-0.25, -0.2) is 0 Å². The topological polar surface area (TPSA) is 29.5 Å². The molecule has 1 atom stereocenters. The first-order valence-electron chi connectivity index (χ1n) is 7.75. The predicted molar refractivity (Wildman–Crippen MR) is 78.9 cm³/mol. The molecule has 108 valence electrons. The quantitative estimate of drug-likeness (QED) is 0.847. The van der Waals surface area contributed by atoms with Gasteiger partial charge in [0.1, 0.15) is 5.75 Å². The van der Waals surface area contributed by atoms with Crippen LogP contribution in [0, 0.1) is 5.92 Å². The van der Waals surface area contributed by atoms with Gasteiger partial charge >= 0.3 is 0 Å². The lowest BCUT2D eigenvalue weighted by Crippen LogP contribution is -2.41. The number of piperidine rings is 1. The number of aryl methyl sites for hydroxylation is 2. The monoisotopic (exact) mass is 273 g/mol. The molecule has 0 aromatic heterocycles. The summed E-state index contributed by atoms with van der Waals surface area (Å²) in [6.45, 7) is 4.15. The molecule has 1 fully saturated rings. The van der Waals surface area contributed by atoms with Crippen molar-refractivity contribution in [1.82, 2.24) is 4.90 Å². The molecule has 0 radical (unpaired) electrons. The first kappa shape index (κ1) is 13.5. The molecule has 0 N–H and O–H groups in total. The Labute approximate surface area is 120 Å². The fraction of sp³-hybridized carbons (Fsp3) is 0.588. The van der Waals surface area contributed by atoms with E-state index in [0.29, 0.717) is 5.92 Å². The summed E-state index contributed by atoms with van der Waals surface area (Å²) in [4.78, 5) is 14.1. The number of hydrogen-bond acceptors (Lipinski definition) is 2. The van der Waals surface area contributed by atoms with Gasteiger partial charge in [0.05, 0.1) is 0 Å². The smallest absolute Gasteiger partial charge is 0.260 e. The molecule has 3 rings (SSSR count). The molecule has 1 saturated heterocycles. The second-order valence-corrected chi connectivity index (χ2v) is 6.16. The van der Waals surface area contributed by atoms with E-state index in [-0.39, 0.29) is 12.5 Å². The van der Waals surface area contributed by atoms with Gasteiger partial charge in [-0.3, -0.25) is 4.79 Å². The minimum absolute atomic E-state index is 0.122. The van der Waals surface area contributed by atoms with Crippen molar-refractivity contribution in [3.05, 3.63) is 29.3 Å². The van der Waals surface area contributed by atoms with Gasteiger partial charge in [-0.05, 0) is 61.3 Å². The zero-order valence-corrected chi connectivity index (χ0v) is 12.2. The van der Waals surface area contributed by atoms with E-state index < -0.39 is 0 Å². The van der Waals surface area contributed by atoms with Gasteiger partial charge in [0.2, 0.25) is 0 Å². The molecule has 1 amide bonds. The zero-order chi connectivity index (χ0) is 13.9. The predicted octanol–water partition coefficient (Wildman–Crippen LogP) is 2.81. The second-order valence-electron chi connectivity index (χ2n) is 6.16. The molecular formula is C17H23NO2. The number of hydrogen-bond donors (Lipinski definition) is 0. The average molecular weight is 273 g/mol. The maximum atomic E-state index is 12.2. The summed E-state index contributed by atoms with van der Waals surface area (Å²) in [5.41, 5.74) is 2.83. The van der Waals surface area contributed by atoms with Crippen LogP contribution in [-0.4, -0.2) is 30.5 Å². The Kier molecular flexibility index (Phi) is 3.95. The normalized spacial score (nSPS) is 21.6. The van der Waals surface area contributed by atoms with Gasteiger partial charge in [-0.2, -0.15) is 0 Å². The highest BCUT2D eigenvalue weighted by Crippen LogP contribution is 2.26. The Hall–Kier alpha value is -1.51. The van der Waals surface area contributed by atoms with Crippen molar-refractivity contribution in [2.45, 2.75) is 39.0 Å². The van der Waals surface area contributed by atoms with Crippen molar-refractivity contribution < 1.29 is 9.53 Å². The molecule has 0 spiro atoms. The number of nitrogens with zero attached hydrogens (tertiary/aromatic N) is 1. The van der Waals surface area contributed by atoms with Crippen LogP contribution in [0.4, 0.5) is 0 Å². The summed E-state index contributed by atoms with van der Waals surface area (Å²) in [5, 5.41) is 0. The van der Waals surface area contributed by atoms with Gasteiger partial charge in [0, 0.05) is 13.1 Å². The van der Waals surface area contributed by atoms with Gasteiger partial charge in [0.25, 0.3) is 5.91 Å². The summed E-state index contributed by atoms with van der Waals surface area (Å²) in [7, 11) is 0. The molecule has 1 heterocycles. The summed E-state index contributed by atoms with van der Waals surface area (Å²) in [5.74, 6) is 1.58. The number of carbonyl (C=O) groups is 1. The van der Waals surface area contributed by atoms with Crippen LogP contribution in [0.2, 0.25) is 0 Å². The number of likely N-dealkylation sites (tertiary alicyclic amines) is 1. The van der Waals surface area contributed by atoms with Crippen LogP contribution in [0.1, 0.15) is 37.3 Å². The van der Waals surface area contributed by atoms with Crippen LogP contribution in [0.3, 0.4) is 0 Å². The SMILES string of the molecule is C[C@H]1CCCN(C(=O)COc2ccc3c(c2)CCC3)C1. The maximum absolute atomic E-state index is 12.2. The van der Waals surface area contributed by atoms with Crippen LogP contribution >= 0.6 is 0 Å². The van der Waals surface area contributed by atoms with Crippen molar-refractivity contribution in [1.29, 1.82) is 0 Å². The molecule has 3 nitrogen and oxygen atoms in total. The molecule has 0 saturated carbocycles. The van der Waals surface area contributed by atoms with Crippen LogP contribution < -0.4 is 4.74 Å². The largest absolute Gasteiger partial charge is 0.484 e. The fourth-order valence-electron chi connectivity index (χ4n) is 3.29. The van der Waals surface area contributed by atoms with Crippen LogP contribution in [0.15, 0.2) is 18.2 Å². The van der Waals surface area contributed by atoms with Gasteiger partial charge < -0.3 is 9.64 Å². The highest BCUT2D eigenvalue weighted by molar-refractivity contribution is 5.77. The molecule has 1 aliphatic carbocycles. The summed E-state index contributed by atoms with van der Waals surface area (Å²) < 4.78 is 5.69. The number of rotatable bonds is 3. The second kappa shape index (κ2) is 5.86. The molecule has 1 aliphatic heterocycles. The Morgan fingerprint density at radius 3 is 3.00 bits per heavy atom. The zero-order valence-electron chi connectivity index (χ0n) is 12.2. The highest BCUT2D eigenvalue weighted by atomic mass is 16.5. The van der Waals surface area contributed by atoms with Crippen LogP contribution in [0.5, 0.6) is 5.75 Å². The number of ether oxygens (including phenoxy) is 1. The van der Waals surface area contributed by atoms with E-state index in [1.54, 1.807) is 0 Å². The third-order valence-electron chi connectivity index (χ3n) is 4.44. The summed E-state index contributed by atoms with van der Waals surface area (Å²) in [6, 6.07) is 6.25. The lowest BCUT2D eigenvalue weighted by Gasteiger charge is -2.30. The van der Waals surface area contributed by atoms with Gasteiger partial charge in [0.15, 0.2) is 6.61 Å². The minimum atomic E-state index is 0.122. The summed E-state index contributed by atoms with van der Waals surface area (Å²) >= 11 is 0. The molecular weight excluding hydrogens is 250 g/mol. The van der Waals surface area contributed by atoms with Crippen molar-refractivity contribution >= 4 is 5.91 Å². The molecule has 0 bridgehead atoms. The van der Waals surface area contributed by atoms with Crippen LogP contribution in [-0.2, 0) is 17.6 Å². The van der Waals surface area contributed by atoms with E-state index in [9.17, 15) is 4.79 Å². The third-order valence-corrected chi connectivity index (χ3v) is 4.44. The highest BCUT2D eigenvalue weighted by Gasteiger charge is 2.21. The lowest BCUT2D eigenvalue weighted by molar-refractivity contribution is -0.135. The first-order chi connectivity index (χ1) is 9.72. The maximum Gasteiger partial charge on any atom is 0.260 e. The fourth-order valence-corrected chi connectivity index (χ4v) is 3.29. The number of carbonyl (C=O) groups excluding carboxylic acids is 1. The van der Waals surface area contributed by atoms with E-state index in [1.165, 1.54) is 30.4 Å². The van der Waals surface area contributed by atoms with Crippen molar-refractivity contribution in [2.75, 3.05) is 19.7 Å². The summed E-state index contributed by atoms with van der Waals surface area (Å²) in [6.07, 6.45) is 5.91. The standard InChI is InChI=1S/C17H23NO2/c1-13-4-3-9-18(11-13)17(19)12-20-16-8-7-14-5-2-6-15(14)10-16/h7-8,10,13H,2-6,9,11-12H2,1H3/t13-/m0/s1. The number of amides is 1. The molecule has 20 heavy (non-hydrogen) atoms. The first-order valence-corrected chi connectivity index (χ1v) is 7.75. The van der Waals surface area contributed by atoms with Crippen molar-refractivity contribution in [2.24, 2.45) is 5.92 Å². The van der Waals surface area contributed by atoms with Gasteiger partial charge in [-0.15, -0.1) is 0 Å². The average Bonchev–Trinajstić information content (AvgIpc) is 2.92.